The molecule has 0 unspecified atom stereocenters. The van der Waals surface area contributed by atoms with Crippen LogP contribution in [0.3, 0.4) is 0 Å². The third kappa shape index (κ3) is 13.7. The summed E-state index contributed by atoms with van der Waals surface area (Å²) in [6, 6.07) is 0. The fraction of sp³-hybridized carbons (Fsp3) is 0.846. The quantitative estimate of drug-likeness (QED) is 0.242. The summed E-state index contributed by atoms with van der Waals surface area (Å²) < 4.78 is 5.19. The van der Waals surface area contributed by atoms with Crippen LogP contribution in [0.2, 0.25) is 0 Å². The predicted octanol–water partition coefficient (Wildman–Crippen LogP) is 2.30. The molecular formula is C13H28IN3O2. The minimum Gasteiger partial charge on any atom is -0.459 e. The van der Waals surface area contributed by atoms with Crippen molar-refractivity contribution in [3.8, 4) is 0 Å². The molecular weight excluding hydrogens is 357 g/mol. The van der Waals surface area contributed by atoms with E-state index < -0.39 is 5.60 Å². The molecule has 0 aliphatic rings. The third-order valence-corrected chi connectivity index (χ3v) is 2.12. The number of unbranched alkanes of at least 4 members (excludes halogenated alkanes) is 2. The van der Waals surface area contributed by atoms with Crippen molar-refractivity contribution in [3.05, 3.63) is 0 Å². The van der Waals surface area contributed by atoms with Crippen molar-refractivity contribution >= 4 is 35.9 Å². The minimum absolute atomic E-state index is 0. The van der Waals surface area contributed by atoms with Crippen molar-refractivity contribution in [2.75, 3.05) is 20.1 Å². The van der Waals surface area contributed by atoms with E-state index in [1.807, 2.05) is 20.8 Å². The first-order valence-electron chi connectivity index (χ1n) is 6.55. The zero-order valence-electron chi connectivity index (χ0n) is 12.7. The van der Waals surface area contributed by atoms with Crippen LogP contribution in [0.15, 0.2) is 4.99 Å². The van der Waals surface area contributed by atoms with Gasteiger partial charge in [0, 0.05) is 13.6 Å². The molecule has 0 saturated carbocycles. The molecule has 0 amide bonds. The lowest BCUT2D eigenvalue weighted by Crippen LogP contribution is -2.42. The first kappa shape index (κ1) is 20.8. The Morgan fingerprint density at radius 2 is 1.84 bits per heavy atom. The van der Waals surface area contributed by atoms with Crippen LogP contribution in [0.5, 0.6) is 0 Å². The summed E-state index contributed by atoms with van der Waals surface area (Å²) in [5.74, 6) is 0.357. The third-order valence-electron chi connectivity index (χ3n) is 2.12. The van der Waals surface area contributed by atoms with Crippen LogP contribution < -0.4 is 10.6 Å². The molecule has 0 heterocycles. The van der Waals surface area contributed by atoms with Gasteiger partial charge < -0.3 is 15.4 Å². The topological polar surface area (TPSA) is 62.7 Å². The van der Waals surface area contributed by atoms with E-state index in [-0.39, 0.29) is 36.5 Å². The van der Waals surface area contributed by atoms with E-state index in [0.717, 1.165) is 13.0 Å². The molecule has 0 spiro atoms. The summed E-state index contributed by atoms with van der Waals surface area (Å²) in [5.41, 5.74) is -0.448. The summed E-state index contributed by atoms with van der Waals surface area (Å²) in [7, 11) is 1.68. The number of aliphatic imine (C=N–C) groups is 1. The second kappa shape index (κ2) is 11.3. The normalized spacial score (nSPS) is 11.5. The van der Waals surface area contributed by atoms with E-state index in [0.29, 0.717) is 5.96 Å². The van der Waals surface area contributed by atoms with E-state index in [1.54, 1.807) is 7.05 Å². The average Bonchev–Trinajstić information content (AvgIpc) is 2.26. The molecule has 0 radical (unpaired) electrons. The van der Waals surface area contributed by atoms with Crippen molar-refractivity contribution in [3.63, 3.8) is 0 Å². The Hall–Kier alpha value is -0.530. The Balaban J connectivity index is 0. The monoisotopic (exact) mass is 385 g/mol. The van der Waals surface area contributed by atoms with Gasteiger partial charge in [-0.1, -0.05) is 19.8 Å². The van der Waals surface area contributed by atoms with Crippen molar-refractivity contribution in [2.45, 2.75) is 52.6 Å². The number of carbonyl (C=O) groups is 1. The molecule has 114 valence electrons. The zero-order valence-corrected chi connectivity index (χ0v) is 15.0. The maximum Gasteiger partial charge on any atom is 0.325 e. The minimum atomic E-state index is -0.448. The number of rotatable bonds is 6. The summed E-state index contributed by atoms with van der Waals surface area (Å²) >= 11 is 0. The molecule has 0 atom stereocenters. The maximum atomic E-state index is 11.5. The maximum absolute atomic E-state index is 11.5. The number of hydrogen-bond donors (Lipinski definition) is 2. The molecule has 0 aliphatic heterocycles. The number of carbonyl (C=O) groups excluding carboxylic acids is 1. The Morgan fingerprint density at radius 3 is 2.32 bits per heavy atom. The predicted molar refractivity (Wildman–Crippen MR) is 90.1 cm³/mol. The van der Waals surface area contributed by atoms with E-state index in [1.165, 1.54) is 12.8 Å². The van der Waals surface area contributed by atoms with Gasteiger partial charge in [0.15, 0.2) is 5.96 Å². The smallest absolute Gasteiger partial charge is 0.325 e. The van der Waals surface area contributed by atoms with Gasteiger partial charge in [0.1, 0.15) is 12.1 Å². The number of nitrogens with zero attached hydrogens (tertiary/aromatic N) is 1. The number of halogens is 1. The lowest BCUT2D eigenvalue weighted by atomic mass is 10.2. The molecule has 0 saturated heterocycles. The SMILES string of the molecule is CCCCCNC(=NC)NCC(=O)OC(C)(C)C.I. The average molecular weight is 385 g/mol. The summed E-state index contributed by atoms with van der Waals surface area (Å²) in [6.07, 6.45) is 3.48. The van der Waals surface area contributed by atoms with Gasteiger partial charge in [-0.2, -0.15) is 0 Å². The van der Waals surface area contributed by atoms with Gasteiger partial charge in [0.05, 0.1) is 0 Å². The summed E-state index contributed by atoms with van der Waals surface area (Å²) in [5, 5.41) is 6.09. The number of hydrogen-bond acceptors (Lipinski definition) is 3. The van der Waals surface area contributed by atoms with E-state index in [2.05, 4.69) is 22.5 Å². The number of esters is 1. The Morgan fingerprint density at radius 1 is 1.21 bits per heavy atom. The number of ether oxygens (including phenoxy) is 1. The van der Waals surface area contributed by atoms with Gasteiger partial charge in [-0.25, -0.2) is 0 Å². The van der Waals surface area contributed by atoms with Crippen LogP contribution in [0, 0.1) is 0 Å². The van der Waals surface area contributed by atoms with Crippen molar-refractivity contribution in [1.82, 2.24) is 10.6 Å². The molecule has 0 bridgehead atoms. The van der Waals surface area contributed by atoms with E-state index >= 15 is 0 Å². The highest BCUT2D eigenvalue weighted by Gasteiger charge is 2.16. The highest BCUT2D eigenvalue weighted by molar-refractivity contribution is 14.0. The molecule has 0 aliphatic carbocycles. The zero-order chi connectivity index (χ0) is 14.0. The van der Waals surface area contributed by atoms with Crippen LogP contribution in [0.25, 0.3) is 0 Å². The molecule has 0 aromatic heterocycles. The highest BCUT2D eigenvalue weighted by Crippen LogP contribution is 2.06. The number of nitrogens with one attached hydrogen (secondary N) is 2. The molecule has 2 N–H and O–H groups in total. The molecule has 0 fully saturated rings. The lowest BCUT2D eigenvalue weighted by molar-refractivity contribution is -0.153. The Kier molecular flexibility index (Phi) is 12.4. The Labute approximate surface area is 134 Å². The summed E-state index contributed by atoms with van der Waals surface area (Å²) in [6.45, 7) is 8.70. The largest absolute Gasteiger partial charge is 0.459 e. The molecule has 0 aromatic rings. The van der Waals surface area contributed by atoms with Gasteiger partial charge in [-0.15, -0.1) is 24.0 Å². The van der Waals surface area contributed by atoms with Crippen LogP contribution in [0.4, 0.5) is 0 Å². The first-order chi connectivity index (χ1) is 8.39. The van der Waals surface area contributed by atoms with Crippen molar-refractivity contribution in [2.24, 2.45) is 4.99 Å². The standard InChI is InChI=1S/C13H27N3O2.HI/c1-6-7-8-9-15-12(14-5)16-10-11(17)18-13(2,3)4;/h6-10H2,1-5H3,(H2,14,15,16);1H. The molecule has 0 aromatic carbocycles. The van der Waals surface area contributed by atoms with Gasteiger partial charge in [0.25, 0.3) is 0 Å². The van der Waals surface area contributed by atoms with Crippen LogP contribution in [-0.2, 0) is 9.53 Å². The molecule has 5 nitrogen and oxygen atoms in total. The van der Waals surface area contributed by atoms with Gasteiger partial charge in [0.2, 0.25) is 0 Å². The first-order valence-corrected chi connectivity index (χ1v) is 6.55. The van der Waals surface area contributed by atoms with E-state index in [9.17, 15) is 4.79 Å². The molecule has 0 rings (SSSR count). The van der Waals surface area contributed by atoms with Crippen molar-refractivity contribution < 1.29 is 9.53 Å². The fourth-order valence-corrected chi connectivity index (χ4v) is 1.34. The van der Waals surface area contributed by atoms with Crippen LogP contribution >= 0.6 is 24.0 Å². The van der Waals surface area contributed by atoms with Crippen LogP contribution in [0.1, 0.15) is 47.0 Å². The van der Waals surface area contributed by atoms with Crippen molar-refractivity contribution in [1.29, 1.82) is 0 Å². The highest BCUT2D eigenvalue weighted by atomic mass is 127. The van der Waals surface area contributed by atoms with Gasteiger partial charge >= 0.3 is 5.97 Å². The van der Waals surface area contributed by atoms with E-state index in [4.69, 9.17) is 4.74 Å². The van der Waals surface area contributed by atoms with Gasteiger partial charge in [-0.05, 0) is 27.2 Å². The molecule has 6 heteroatoms. The van der Waals surface area contributed by atoms with Gasteiger partial charge in [-0.3, -0.25) is 9.79 Å². The van der Waals surface area contributed by atoms with Crippen LogP contribution in [-0.4, -0.2) is 37.7 Å². The fourth-order valence-electron chi connectivity index (χ4n) is 1.34. The summed E-state index contributed by atoms with van der Waals surface area (Å²) in [4.78, 5) is 15.5. The second-order valence-corrected chi connectivity index (χ2v) is 5.15. The second-order valence-electron chi connectivity index (χ2n) is 5.15. The Bertz CT molecular complexity index is 276. The molecule has 19 heavy (non-hydrogen) atoms. The lowest BCUT2D eigenvalue weighted by Gasteiger charge is -2.20. The number of guanidine groups is 1.